The summed E-state index contributed by atoms with van der Waals surface area (Å²) in [4.78, 5) is 11.9. The van der Waals surface area contributed by atoms with E-state index in [9.17, 15) is 4.79 Å². The Morgan fingerprint density at radius 2 is 2.44 bits per heavy atom. The third kappa shape index (κ3) is 2.03. The Morgan fingerprint density at radius 3 is 3.06 bits per heavy atom. The number of oxime groups is 1. The Hall–Kier alpha value is -2.77. The van der Waals surface area contributed by atoms with Gasteiger partial charge in [0.15, 0.2) is 11.6 Å². The smallest absolute Gasteiger partial charge is 0.292 e. The number of amidine groups is 1. The number of nitrogens with two attached hydrogens (primary N) is 1. The van der Waals surface area contributed by atoms with Crippen LogP contribution in [-0.4, -0.2) is 27.1 Å². The molecule has 0 spiro atoms. The molecule has 0 fully saturated rings. The van der Waals surface area contributed by atoms with E-state index in [2.05, 4.69) is 20.7 Å². The van der Waals surface area contributed by atoms with Gasteiger partial charge in [-0.05, 0) is 13.0 Å². The number of hydrogen-bond acceptors (Lipinski definition) is 5. The van der Waals surface area contributed by atoms with Gasteiger partial charge in [-0.2, -0.15) is 5.10 Å². The second-order valence-electron chi connectivity index (χ2n) is 3.53. The highest BCUT2D eigenvalue weighted by atomic mass is 16.4. The lowest BCUT2D eigenvalue weighted by atomic mass is 10.2. The lowest BCUT2D eigenvalue weighted by molar-refractivity contribution is 0.0995. The Kier molecular flexibility index (Phi) is 3.00. The van der Waals surface area contributed by atoms with Crippen LogP contribution in [0.1, 0.15) is 21.7 Å². The summed E-state index contributed by atoms with van der Waals surface area (Å²) in [7, 11) is 0. The average Bonchev–Trinajstić information content (AvgIpc) is 2.97. The fraction of sp³-hybridized carbons (Fsp3) is 0.100. The summed E-state index contributed by atoms with van der Waals surface area (Å²) in [6, 6.07) is 1.67. The molecule has 5 N–H and O–H groups in total. The van der Waals surface area contributed by atoms with Gasteiger partial charge in [0.1, 0.15) is 5.82 Å². The number of anilines is 1. The first-order chi connectivity index (χ1) is 8.63. The van der Waals surface area contributed by atoms with Crippen molar-refractivity contribution in [3.63, 3.8) is 0 Å². The van der Waals surface area contributed by atoms with Gasteiger partial charge in [0.25, 0.3) is 5.91 Å². The molecule has 2 aromatic heterocycles. The van der Waals surface area contributed by atoms with Crippen LogP contribution in [0, 0.1) is 6.92 Å². The van der Waals surface area contributed by atoms with E-state index in [1.807, 2.05) is 0 Å². The van der Waals surface area contributed by atoms with Crippen molar-refractivity contribution in [2.75, 3.05) is 5.32 Å². The Balaban J connectivity index is 2.23. The standard InChI is InChI=1S/C10H11N5O3/c1-5-2-3-18-7(5)10(16)13-9-6(4-12-14-9)8(11)15-17/h2-4,17H,1H3,(H2,11,15)(H2,12,13,14,16). The summed E-state index contributed by atoms with van der Waals surface area (Å²) < 4.78 is 5.04. The van der Waals surface area contributed by atoms with Crippen LogP contribution in [0.15, 0.2) is 28.1 Å². The largest absolute Gasteiger partial charge is 0.459 e. The molecule has 0 radical (unpaired) electrons. The maximum atomic E-state index is 11.9. The van der Waals surface area contributed by atoms with E-state index in [1.165, 1.54) is 12.5 Å². The van der Waals surface area contributed by atoms with Crippen molar-refractivity contribution >= 4 is 17.6 Å². The fourth-order valence-electron chi connectivity index (χ4n) is 1.41. The summed E-state index contributed by atoms with van der Waals surface area (Å²) in [5.41, 5.74) is 6.42. The highest BCUT2D eigenvalue weighted by Gasteiger charge is 2.17. The number of aromatic amines is 1. The highest BCUT2D eigenvalue weighted by Crippen LogP contribution is 2.14. The van der Waals surface area contributed by atoms with Gasteiger partial charge in [0.2, 0.25) is 0 Å². The topological polar surface area (TPSA) is 130 Å². The van der Waals surface area contributed by atoms with Gasteiger partial charge in [0.05, 0.1) is 18.0 Å². The monoisotopic (exact) mass is 249 g/mol. The number of carbonyl (C=O) groups is 1. The second-order valence-corrected chi connectivity index (χ2v) is 3.53. The van der Waals surface area contributed by atoms with Gasteiger partial charge in [-0.15, -0.1) is 0 Å². The summed E-state index contributed by atoms with van der Waals surface area (Å²) in [5.74, 6) is -0.190. The van der Waals surface area contributed by atoms with Crippen molar-refractivity contribution in [3.05, 3.63) is 35.4 Å². The predicted molar refractivity (Wildman–Crippen MR) is 62.5 cm³/mol. The van der Waals surface area contributed by atoms with Crippen molar-refractivity contribution in [3.8, 4) is 0 Å². The van der Waals surface area contributed by atoms with Gasteiger partial charge in [-0.1, -0.05) is 5.16 Å². The van der Waals surface area contributed by atoms with E-state index in [0.717, 1.165) is 0 Å². The molecular weight excluding hydrogens is 238 g/mol. The molecule has 0 aliphatic heterocycles. The number of aromatic nitrogens is 2. The fourth-order valence-corrected chi connectivity index (χ4v) is 1.41. The van der Waals surface area contributed by atoms with Crippen molar-refractivity contribution in [2.45, 2.75) is 6.92 Å². The minimum Gasteiger partial charge on any atom is -0.459 e. The van der Waals surface area contributed by atoms with Crippen molar-refractivity contribution < 1.29 is 14.4 Å². The van der Waals surface area contributed by atoms with E-state index >= 15 is 0 Å². The first-order valence-corrected chi connectivity index (χ1v) is 5.00. The van der Waals surface area contributed by atoms with Crippen LogP contribution in [0.5, 0.6) is 0 Å². The third-order valence-corrected chi connectivity index (χ3v) is 2.33. The van der Waals surface area contributed by atoms with Crippen molar-refractivity contribution in [1.82, 2.24) is 10.2 Å². The molecule has 0 aromatic carbocycles. The summed E-state index contributed by atoms with van der Waals surface area (Å²) in [6.45, 7) is 1.75. The maximum absolute atomic E-state index is 11.9. The molecule has 2 rings (SSSR count). The second kappa shape index (κ2) is 4.62. The molecule has 0 bridgehead atoms. The molecule has 2 heterocycles. The van der Waals surface area contributed by atoms with Crippen LogP contribution in [0.25, 0.3) is 0 Å². The minimum absolute atomic E-state index is 0.157. The van der Waals surface area contributed by atoms with E-state index in [0.29, 0.717) is 5.56 Å². The number of aryl methyl sites for hydroxylation is 1. The van der Waals surface area contributed by atoms with Gasteiger partial charge in [0, 0.05) is 5.56 Å². The number of furan rings is 1. The van der Waals surface area contributed by atoms with Gasteiger partial charge >= 0.3 is 0 Å². The molecule has 0 saturated carbocycles. The van der Waals surface area contributed by atoms with Crippen LogP contribution in [0.4, 0.5) is 5.82 Å². The van der Waals surface area contributed by atoms with E-state index in [1.54, 1.807) is 13.0 Å². The van der Waals surface area contributed by atoms with Crippen molar-refractivity contribution in [1.29, 1.82) is 0 Å². The molecule has 1 amide bonds. The molecule has 0 aliphatic carbocycles. The molecule has 94 valence electrons. The normalized spacial score (nSPS) is 11.5. The number of carbonyl (C=O) groups excluding carboxylic acids is 1. The number of H-pyrrole nitrogens is 1. The molecule has 0 saturated heterocycles. The van der Waals surface area contributed by atoms with Crippen LogP contribution in [0.3, 0.4) is 0 Å². The zero-order chi connectivity index (χ0) is 13.1. The van der Waals surface area contributed by atoms with E-state index in [4.69, 9.17) is 15.4 Å². The molecule has 2 aromatic rings. The van der Waals surface area contributed by atoms with Gasteiger partial charge in [-0.3, -0.25) is 9.89 Å². The maximum Gasteiger partial charge on any atom is 0.292 e. The van der Waals surface area contributed by atoms with E-state index in [-0.39, 0.29) is 23.0 Å². The Bertz CT molecular complexity index is 598. The summed E-state index contributed by atoms with van der Waals surface area (Å²) in [5, 5.41) is 20.2. The zero-order valence-corrected chi connectivity index (χ0v) is 9.47. The molecule has 0 aliphatic rings. The average molecular weight is 249 g/mol. The van der Waals surface area contributed by atoms with Gasteiger partial charge < -0.3 is 20.7 Å². The first-order valence-electron chi connectivity index (χ1n) is 5.00. The van der Waals surface area contributed by atoms with Crippen LogP contribution in [0.2, 0.25) is 0 Å². The predicted octanol–water partition coefficient (Wildman–Crippen LogP) is 0.658. The first kappa shape index (κ1) is 11.7. The zero-order valence-electron chi connectivity index (χ0n) is 9.47. The Labute approximate surface area is 101 Å². The number of nitrogens with zero attached hydrogens (tertiary/aromatic N) is 2. The molecule has 0 atom stereocenters. The SMILES string of the molecule is Cc1ccoc1C(=O)Nc1[nH]ncc1C(N)=NO. The lowest BCUT2D eigenvalue weighted by Crippen LogP contribution is -2.18. The van der Waals surface area contributed by atoms with Crippen molar-refractivity contribution in [2.24, 2.45) is 10.9 Å². The lowest BCUT2D eigenvalue weighted by Gasteiger charge is -2.03. The minimum atomic E-state index is -0.450. The third-order valence-electron chi connectivity index (χ3n) is 2.33. The van der Waals surface area contributed by atoms with Crippen LogP contribution < -0.4 is 11.1 Å². The number of hydrogen-bond donors (Lipinski definition) is 4. The van der Waals surface area contributed by atoms with Crippen LogP contribution in [-0.2, 0) is 0 Å². The molecule has 8 nitrogen and oxygen atoms in total. The number of rotatable bonds is 3. The van der Waals surface area contributed by atoms with Crippen LogP contribution >= 0.6 is 0 Å². The number of amides is 1. The molecular formula is C10H11N5O3. The highest BCUT2D eigenvalue weighted by molar-refractivity contribution is 6.08. The van der Waals surface area contributed by atoms with E-state index < -0.39 is 5.91 Å². The number of nitrogens with one attached hydrogen (secondary N) is 2. The summed E-state index contributed by atoms with van der Waals surface area (Å²) in [6.07, 6.45) is 2.75. The van der Waals surface area contributed by atoms with Gasteiger partial charge in [-0.25, -0.2) is 0 Å². The molecule has 8 heteroatoms. The molecule has 18 heavy (non-hydrogen) atoms. The quantitative estimate of drug-likeness (QED) is 0.275. The summed E-state index contributed by atoms with van der Waals surface area (Å²) >= 11 is 0. The molecule has 0 unspecified atom stereocenters. The Morgan fingerprint density at radius 1 is 1.67 bits per heavy atom.